The summed E-state index contributed by atoms with van der Waals surface area (Å²) in [6.07, 6.45) is 11.0. The van der Waals surface area contributed by atoms with Gasteiger partial charge in [-0.05, 0) is 13.0 Å². The monoisotopic (exact) mass is 243 g/mol. The molecule has 0 aliphatic rings. The van der Waals surface area contributed by atoms with E-state index in [0.717, 1.165) is 13.1 Å². The fourth-order valence-electron chi connectivity index (χ4n) is 1.87. The van der Waals surface area contributed by atoms with Crippen molar-refractivity contribution in [3.8, 4) is 0 Å². The van der Waals surface area contributed by atoms with Crippen LogP contribution in [-0.4, -0.2) is 24.8 Å². The molecule has 0 aliphatic carbocycles. The van der Waals surface area contributed by atoms with Gasteiger partial charge in [-0.2, -0.15) is 0 Å². The van der Waals surface area contributed by atoms with Crippen LogP contribution < -0.4 is 5.32 Å². The lowest BCUT2D eigenvalue weighted by molar-refractivity contribution is 0.157. The second-order valence-electron chi connectivity index (χ2n) is 5.97. The second-order valence-corrected chi connectivity index (χ2v) is 5.97. The number of hydrogen-bond acceptors (Lipinski definition) is 2. The second kappa shape index (κ2) is 11.0. The minimum Gasteiger partial charge on any atom is -0.396 e. The van der Waals surface area contributed by atoms with Gasteiger partial charge < -0.3 is 10.4 Å². The molecule has 0 unspecified atom stereocenters. The molecule has 0 aromatic rings. The Morgan fingerprint density at radius 3 is 1.94 bits per heavy atom. The van der Waals surface area contributed by atoms with Gasteiger partial charge in [-0.15, -0.1) is 0 Å². The molecule has 2 N–H and O–H groups in total. The first kappa shape index (κ1) is 16.9. The van der Waals surface area contributed by atoms with Crippen molar-refractivity contribution >= 4 is 0 Å². The van der Waals surface area contributed by atoms with Crippen LogP contribution in [0.5, 0.6) is 0 Å². The maximum Gasteiger partial charge on any atom is 0.0494 e. The van der Waals surface area contributed by atoms with Gasteiger partial charge in [0.25, 0.3) is 0 Å². The van der Waals surface area contributed by atoms with Crippen molar-refractivity contribution in [2.75, 3.05) is 19.7 Å². The van der Waals surface area contributed by atoms with Crippen molar-refractivity contribution < 1.29 is 5.11 Å². The molecule has 0 radical (unpaired) electrons. The molecule has 0 spiro atoms. The Balaban J connectivity index is 3.09. The van der Waals surface area contributed by atoms with Crippen molar-refractivity contribution in [2.45, 2.75) is 72.1 Å². The zero-order valence-electron chi connectivity index (χ0n) is 12.2. The molecule has 0 aromatic carbocycles. The molecule has 0 aromatic heterocycles. The third-order valence-corrected chi connectivity index (χ3v) is 3.24. The van der Waals surface area contributed by atoms with Crippen LogP contribution in [-0.2, 0) is 0 Å². The van der Waals surface area contributed by atoms with E-state index in [0.29, 0.717) is 0 Å². The Bertz CT molecular complexity index is 157. The molecule has 0 aliphatic heterocycles. The molecule has 0 bridgehead atoms. The molecule has 0 atom stereocenters. The van der Waals surface area contributed by atoms with Crippen LogP contribution in [0.3, 0.4) is 0 Å². The summed E-state index contributed by atoms with van der Waals surface area (Å²) in [6.45, 7) is 8.72. The summed E-state index contributed by atoms with van der Waals surface area (Å²) in [6, 6.07) is 0. The quantitative estimate of drug-likeness (QED) is 0.512. The topological polar surface area (TPSA) is 32.3 Å². The van der Waals surface area contributed by atoms with E-state index in [1.54, 1.807) is 0 Å². The van der Waals surface area contributed by atoms with Gasteiger partial charge in [0, 0.05) is 18.6 Å². The Kier molecular flexibility index (Phi) is 11.0. The number of aliphatic hydroxyl groups excluding tert-OH is 1. The lowest BCUT2D eigenvalue weighted by Crippen LogP contribution is -2.32. The lowest BCUT2D eigenvalue weighted by atomic mass is 9.95. The van der Waals surface area contributed by atoms with Crippen molar-refractivity contribution in [3.05, 3.63) is 0 Å². The van der Waals surface area contributed by atoms with Gasteiger partial charge in [0.05, 0.1) is 0 Å². The normalized spacial score (nSPS) is 12.0. The van der Waals surface area contributed by atoms with Gasteiger partial charge in [-0.3, -0.25) is 0 Å². The fourth-order valence-corrected chi connectivity index (χ4v) is 1.87. The molecule has 0 amide bonds. The first-order valence-corrected chi connectivity index (χ1v) is 7.44. The minimum absolute atomic E-state index is 0.0279. The van der Waals surface area contributed by atoms with Crippen LogP contribution in [0.4, 0.5) is 0 Å². The zero-order valence-corrected chi connectivity index (χ0v) is 12.2. The molecule has 17 heavy (non-hydrogen) atoms. The maximum absolute atomic E-state index is 9.10. The molecule has 0 saturated heterocycles. The summed E-state index contributed by atoms with van der Waals surface area (Å²) in [5.74, 6) is 0. The molecule has 0 saturated carbocycles. The van der Waals surface area contributed by atoms with Gasteiger partial charge in [0.15, 0.2) is 0 Å². The molecule has 0 rings (SSSR count). The molecule has 104 valence electrons. The molecule has 2 heteroatoms. The molecule has 0 heterocycles. The standard InChI is InChI=1S/C15H33NO/c1-4-5-6-7-8-9-10-11-12-16-13-15(2,3)14-17/h16-17H,4-14H2,1-3H3. The summed E-state index contributed by atoms with van der Waals surface area (Å²) in [7, 11) is 0. The van der Waals surface area contributed by atoms with Crippen LogP contribution >= 0.6 is 0 Å². The molecule has 0 fully saturated rings. The average molecular weight is 243 g/mol. The summed E-state index contributed by atoms with van der Waals surface area (Å²) in [5, 5.41) is 12.5. The highest BCUT2D eigenvalue weighted by Crippen LogP contribution is 2.11. The van der Waals surface area contributed by atoms with E-state index in [1.807, 2.05) is 0 Å². The first-order chi connectivity index (χ1) is 8.12. The van der Waals surface area contributed by atoms with Crippen molar-refractivity contribution in [1.82, 2.24) is 5.32 Å². The van der Waals surface area contributed by atoms with Gasteiger partial charge in [-0.1, -0.05) is 65.7 Å². The third-order valence-electron chi connectivity index (χ3n) is 3.24. The number of nitrogens with one attached hydrogen (secondary N) is 1. The summed E-state index contributed by atoms with van der Waals surface area (Å²) in [5.41, 5.74) is 0.0279. The number of rotatable bonds is 12. The summed E-state index contributed by atoms with van der Waals surface area (Å²) in [4.78, 5) is 0. The van der Waals surface area contributed by atoms with E-state index in [-0.39, 0.29) is 12.0 Å². The van der Waals surface area contributed by atoms with Gasteiger partial charge in [-0.25, -0.2) is 0 Å². The van der Waals surface area contributed by atoms with Crippen LogP contribution in [0, 0.1) is 5.41 Å². The van der Waals surface area contributed by atoms with E-state index < -0.39 is 0 Å². The van der Waals surface area contributed by atoms with Crippen LogP contribution in [0.25, 0.3) is 0 Å². The van der Waals surface area contributed by atoms with Crippen LogP contribution in [0.2, 0.25) is 0 Å². The smallest absolute Gasteiger partial charge is 0.0494 e. The molecular weight excluding hydrogens is 210 g/mol. The van der Waals surface area contributed by atoms with Crippen LogP contribution in [0.1, 0.15) is 72.1 Å². The van der Waals surface area contributed by atoms with Gasteiger partial charge in [0.2, 0.25) is 0 Å². The van der Waals surface area contributed by atoms with E-state index in [2.05, 4.69) is 26.1 Å². The SMILES string of the molecule is CCCCCCCCCCNCC(C)(C)CO. The Morgan fingerprint density at radius 2 is 1.41 bits per heavy atom. The molecule has 2 nitrogen and oxygen atoms in total. The molecular formula is C15H33NO. The highest BCUT2D eigenvalue weighted by atomic mass is 16.3. The van der Waals surface area contributed by atoms with E-state index in [4.69, 9.17) is 5.11 Å². The predicted octanol–water partition coefficient (Wildman–Crippen LogP) is 3.74. The number of unbranched alkanes of at least 4 members (excludes halogenated alkanes) is 7. The predicted molar refractivity (Wildman–Crippen MR) is 76.3 cm³/mol. The first-order valence-electron chi connectivity index (χ1n) is 7.44. The third kappa shape index (κ3) is 12.2. The summed E-state index contributed by atoms with van der Waals surface area (Å²) < 4.78 is 0. The van der Waals surface area contributed by atoms with Crippen molar-refractivity contribution in [1.29, 1.82) is 0 Å². The number of hydrogen-bond donors (Lipinski definition) is 2. The van der Waals surface area contributed by atoms with E-state index >= 15 is 0 Å². The average Bonchev–Trinajstić information content (AvgIpc) is 2.31. The lowest BCUT2D eigenvalue weighted by Gasteiger charge is -2.21. The Labute approximate surface area is 108 Å². The zero-order chi connectivity index (χ0) is 13.0. The Hall–Kier alpha value is -0.0800. The van der Waals surface area contributed by atoms with Crippen LogP contribution in [0.15, 0.2) is 0 Å². The van der Waals surface area contributed by atoms with Gasteiger partial charge >= 0.3 is 0 Å². The van der Waals surface area contributed by atoms with E-state index in [9.17, 15) is 0 Å². The highest BCUT2D eigenvalue weighted by Gasteiger charge is 2.14. The largest absolute Gasteiger partial charge is 0.396 e. The Morgan fingerprint density at radius 1 is 0.882 bits per heavy atom. The minimum atomic E-state index is 0.0279. The summed E-state index contributed by atoms with van der Waals surface area (Å²) >= 11 is 0. The maximum atomic E-state index is 9.10. The van der Waals surface area contributed by atoms with E-state index in [1.165, 1.54) is 51.4 Å². The van der Waals surface area contributed by atoms with Gasteiger partial charge in [0.1, 0.15) is 0 Å². The fraction of sp³-hybridized carbons (Fsp3) is 1.00. The van der Waals surface area contributed by atoms with Crippen molar-refractivity contribution in [3.63, 3.8) is 0 Å². The highest BCUT2D eigenvalue weighted by molar-refractivity contribution is 4.69. The number of aliphatic hydroxyl groups is 1. The van der Waals surface area contributed by atoms with Crippen molar-refractivity contribution in [2.24, 2.45) is 5.41 Å².